The first-order valence-corrected chi connectivity index (χ1v) is 5.49. The van der Waals surface area contributed by atoms with Crippen LogP contribution in [0, 0.1) is 17.0 Å². The van der Waals surface area contributed by atoms with Crippen LogP contribution in [0.5, 0.6) is 5.75 Å². The minimum atomic E-state index is -0.601. The number of ether oxygens (including phenoxy) is 1. The van der Waals surface area contributed by atoms with E-state index in [1.54, 1.807) is 0 Å². The second-order valence-electron chi connectivity index (χ2n) is 3.50. The van der Waals surface area contributed by atoms with Crippen LogP contribution in [0.1, 0.15) is 25.3 Å². The van der Waals surface area contributed by atoms with Crippen LogP contribution < -0.4 is 4.74 Å². The predicted octanol–water partition coefficient (Wildman–Crippen LogP) is 3.26. The Bertz CT molecular complexity index is 459. The van der Waals surface area contributed by atoms with E-state index in [0.29, 0.717) is 12.0 Å². The normalized spacial score (nSPS) is 10.1. The summed E-state index contributed by atoms with van der Waals surface area (Å²) in [6.07, 6.45) is 0.845. The fourth-order valence-corrected chi connectivity index (χ4v) is 1.49. The Morgan fingerprint density at radius 3 is 2.71 bits per heavy atom. The molecule has 92 valence electrons. The highest BCUT2D eigenvalue weighted by Crippen LogP contribution is 2.35. The molecule has 0 aromatic heterocycles. The SMILES string of the molecule is CCCC(=O)Oc1ccc(Cl)c(C)c1[N+](=O)[O-]. The van der Waals surface area contributed by atoms with E-state index in [4.69, 9.17) is 16.3 Å². The molecule has 0 N–H and O–H groups in total. The van der Waals surface area contributed by atoms with E-state index in [9.17, 15) is 14.9 Å². The van der Waals surface area contributed by atoms with Gasteiger partial charge in [0.1, 0.15) is 0 Å². The van der Waals surface area contributed by atoms with Crippen molar-refractivity contribution in [2.45, 2.75) is 26.7 Å². The molecule has 0 atom stereocenters. The van der Waals surface area contributed by atoms with Gasteiger partial charge in [-0.1, -0.05) is 18.5 Å². The lowest BCUT2D eigenvalue weighted by Crippen LogP contribution is -2.09. The third kappa shape index (κ3) is 3.17. The molecule has 0 radical (unpaired) electrons. The van der Waals surface area contributed by atoms with Gasteiger partial charge in [-0.3, -0.25) is 14.9 Å². The van der Waals surface area contributed by atoms with Crippen molar-refractivity contribution in [3.05, 3.63) is 32.8 Å². The van der Waals surface area contributed by atoms with Crippen molar-refractivity contribution in [3.8, 4) is 5.75 Å². The first-order valence-electron chi connectivity index (χ1n) is 5.11. The Kier molecular flexibility index (Phi) is 4.45. The second kappa shape index (κ2) is 5.63. The van der Waals surface area contributed by atoms with Crippen LogP contribution in [0.2, 0.25) is 5.02 Å². The highest BCUT2D eigenvalue weighted by molar-refractivity contribution is 6.31. The molecule has 0 unspecified atom stereocenters. The summed E-state index contributed by atoms with van der Waals surface area (Å²) in [4.78, 5) is 21.6. The minimum absolute atomic E-state index is 0.0599. The van der Waals surface area contributed by atoms with Crippen LogP contribution in [0.15, 0.2) is 12.1 Å². The van der Waals surface area contributed by atoms with Gasteiger partial charge in [0.05, 0.1) is 9.95 Å². The summed E-state index contributed by atoms with van der Waals surface area (Å²) in [5.41, 5.74) is 0.0282. The third-order valence-electron chi connectivity index (χ3n) is 2.19. The van der Waals surface area contributed by atoms with E-state index < -0.39 is 10.9 Å². The summed E-state index contributed by atoms with van der Waals surface area (Å²) >= 11 is 5.78. The molecule has 0 aliphatic carbocycles. The largest absolute Gasteiger partial charge is 0.419 e. The highest BCUT2D eigenvalue weighted by atomic mass is 35.5. The van der Waals surface area contributed by atoms with E-state index in [-0.39, 0.29) is 22.9 Å². The lowest BCUT2D eigenvalue weighted by atomic mass is 10.2. The summed E-state index contributed by atoms with van der Waals surface area (Å²) in [5, 5.41) is 11.2. The number of benzene rings is 1. The molecule has 6 heteroatoms. The lowest BCUT2D eigenvalue weighted by molar-refractivity contribution is -0.386. The summed E-state index contributed by atoms with van der Waals surface area (Å²) in [6.45, 7) is 3.33. The molecule has 0 saturated carbocycles. The number of halogens is 1. The average Bonchev–Trinajstić information content (AvgIpc) is 2.23. The number of hydrogen-bond donors (Lipinski definition) is 0. The Balaban J connectivity index is 3.11. The molecule has 0 spiro atoms. The number of carbonyl (C=O) groups excluding carboxylic acids is 1. The molecule has 5 nitrogen and oxygen atoms in total. The van der Waals surface area contributed by atoms with Gasteiger partial charge in [0.2, 0.25) is 5.75 Å². The predicted molar refractivity (Wildman–Crippen MR) is 63.4 cm³/mol. The molecule has 1 rings (SSSR count). The highest BCUT2D eigenvalue weighted by Gasteiger charge is 2.22. The molecule has 0 saturated heterocycles. The molecule has 0 fully saturated rings. The van der Waals surface area contributed by atoms with Gasteiger partial charge in [-0.15, -0.1) is 0 Å². The number of nitro groups is 1. The zero-order chi connectivity index (χ0) is 13.0. The topological polar surface area (TPSA) is 69.4 Å². The fraction of sp³-hybridized carbons (Fsp3) is 0.364. The first-order chi connectivity index (χ1) is 7.97. The van der Waals surface area contributed by atoms with Gasteiger partial charge in [-0.2, -0.15) is 0 Å². The van der Waals surface area contributed by atoms with E-state index in [2.05, 4.69) is 0 Å². The van der Waals surface area contributed by atoms with E-state index >= 15 is 0 Å². The van der Waals surface area contributed by atoms with Gasteiger partial charge >= 0.3 is 11.7 Å². The fourth-order valence-electron chi connectivity index (χ4n) is 1.34. The van der Waals surface area contributed by atoms with Crippen LogP contribution in [-0.2, 0) is 4.79 Å². The van der Waals surface area contributed by atoms with Crippen molar-refractivity contribution in [3.63, 3.8) is 0 Å². The molecular formula is C11H12ClNO4. The van der Waals surface area contributed by atoms with Crippen LogP contribution in [-0.4, -0.2) is 10.9 Å². The number of nitro benzene ring substituents is 1. The standard InChI is InChI=1S/C11H12ClNO4/c1-3-4-10(14)17-9-6-5-8(12)7(2)11(9)13(15)16/h5-6H,3-4H2,1-2H3. The van der Waals surface area contributed by atoms with Crippen LogP contribution in [0.25, 0.3) is 0 Å². The molecule has 0 amide bonds. The van der Waals surface area contributed by atoms with E-state index in [1.807, 2.05) is 6.92 Å². The molecule has 0 aliphatic heterocycles. The summed E-state index contributed by atoms with van der Waals surface area (Å²) in [6, 6.07) is 2.81. The molecule has 0 aliphatic rings. The zero-order valence-electron chi connectivity index (χ0n) is 9.53. The van der Waals surface area contributed by atoms with Gasteiger partial charge in [0, 0.05) is 12.0 Å². The van der Waals surface area contributed by atoms with Crippen molar-refractivity contribution in [1.82, 2.24) is 0 Å². The molecule has 17 heavy (non-hydrogen) atoms. The smallest absolute Gasteiger partial charge is 0.316 e. The quantitative estimate of drug-likeness (QED) is 0.359. The lowest BCUT2D eigenvalue weighted by Gasteiger charge is -2.07. The van der Waals surface area contributed by atoms with E-state index in [0.717, 1.165) is 0 Å². The summed E-state index contributed by atoms with van der Waals surface area (Å²) < 4.78 is 4.94. The maximum Gasteiger partial charge on any atom is 0.316 e. The maximum absolute atomic E-state index is 11.3. The molecule has 0 bridgehead atoms. The maximum atomic E-state index is 11.3. The Hall–Kier alpha value is -1.62. The zero-order valence-corrected chi connectivity index (χ0v) is 10.3. The Morgan fingerprint density at radius 1 is 1.53 bits per heavy atom. The minimum Gasteiger partial charge on any atom is -0.419 e. The van der Waals surface area contributed by atoms with Crippen molar-refractivity contribution in [2.75, 3.05) is 0 Å². The van der Waals surface area contributed by atoms with Crippen LogP contribution in [0.3, 0.4) is 0 Å². The summed E-state index contributed by atoms with van der Waals surface area (Å²) in [7, 11) is 0. The Labute approximate surface area is 103 Å². The Morgan fingerprint density at radius 2 is 2.18 bits per heavy atom. The van der Waals surface area contributed by atoms with Crippen LogP contribution >= 0.6 is 11.6 Å². The second-order valence-corrected chi connectivity index (χ2v) is 3.91. The van der Waals surface area contributed by atoms with Gasteiger partial charge < -0.3 is 4.74 Å². The van der Waals surface area contributed by atoms with Crippen molar-refractivity contribution in [2.24, 2.45) is 0 Å². The number of esters is 1. The van der Waals surface area contributed by atoms with Gasteiger partial charge in [0.15, 0.2) is 0 Å². The monoisotopic (exact) mass is 257 g/mol. The van der Waals surface area contributed by atoms with Gasteiger partial charge in [0.25, 0.3) is 0 Å². The third-order valence-corrected chi connectivity index (χ3v) is 2.60. The number of nitrogens with zero attached hydrogens (tertiary/aromatic N) is 1. The number of hydrogen-bond acceptors (Lipinski definition) is 4. The summed E-state index contributed by atoms with van der Waals surface area (Å²) in [5.74, 6) is -0.548. The van der Waals surface area contributed by atoms with Crippen molar-refractivity contribution < 1.29 is 14.5 Å². The van der Waals surface area contributed by atoms with Crippen LogP contribution in [0.4, 0.5) is 5.69 Å². The van der Waals surface area contributed by atoms with E-state index in [1.165, 1.54) is 19.1 Å². The molecule has 1 aromatic rings. The van der Waals surface area contributed by atoms with Crippen molar-refractivity contribution in [1.29, 1.82) is 0 Å². The van der Waals surface area contributed by atoms with Crippen molar-refractivity contribution >= 4 is 23.3 Å². The molecule has 0 heterocycles. The molecular weight excluding hydrogens is 246 g/mol. The first kappa shape index (κ1) is 13.4. The average molecular weight is 258 g/mol. The molecule has 1 aromatic carbocycles. The number of carbonyl (C=O) groups is 1. The van der Waals surface area contributed by atoms with Gasteiger partial charge in [-0.05, 0) is 25.5 Å². The van der Waals surface area contributed by atoms with Gasteiger partial charge in [-0.25, -0.2) is 0 Å². The number of rotatable bonds is 4.